The zero-order chi connectivity index (χ0) is 16.2. The van der Waals surface area contributed by atoms with Crippen LogP contribution >= 0.6 is 0 Å². The maximum absolute atomic E-state index is 12.1. The molecule has 0 spiro atoms. The predicted octanol–water partition coefficient (Wildman–Crippen LogP) is 2.31. The molecule has 0 aliphatic heterocycles. The number of urea groups is 1. The van der Waals surface area contributed by atoms with Crippen LogP contribution in [0.5, 0.6) is 0 Å². The average molecular weight is 295 g/mol. The van der Waals surface area contributed by atoms with E-state index in [9.17, 15) is 19.7 Å². The van der Waals surface area contributed by atoms with E-state index in [2.05, 4.69) is 5.32 Å². The summed E-state index contributed by atoms with van der Waals surface area (Å²) in [5.41, 5.74) is -1.10. The molecule has 2 N–H and O–H groups in total. The van der Waals surface area contributed by atoms with Gasteiger partial charge in [0.25, 0.3) is 5.69 Å². The second-order valence-electron chi connectivity index (χ2n) is 4.84. The van der Waals surface area contributed by atoms with Crippen molar-refractivity contribution >= 4 is 23.4 Å². The number of rotatable bonds is 5. The monoisotopic (exact) mass is 295 g/mol. The summed E-state index contributed by atoms with van der Waals surface area (Å²) in [5.74, 6) is -1.12. The third-order valence-electron chi connectivity index (χ3n) is 3.09. The molecular weight excluding hydrogens is 278 g/mol. The van der Waals surface area contributed by atoms with Crippen LogP contribution in [-0.2, 0) is 4.79 Å². The van der Waals surface area contributed by atoms with Crippen molar-refractivity contribution < 1.29 is 19.6 Å². The number of carbonyl (C=O) groups excluding carboxylic acids is 1. The van der Waals surface area contributed by atoms with Gasteiger partial charge < -0.3 is 15.3 Å². The van der Waals surface area contributed by atoms with E-state index in [0.29, 0.717) is 5.69 Å². The minimum absolute atomic E-state index is 0.0915. The number of carboxylic acid groups (broad SMARTS) is 1. The van der Waals surface area contributed by atoms with E-state index in [4.69, 9.17) is 5.11 Å². The van der Waals surface area contributed by atoms with Crippen molar-refractivity contribution in [2.75, 3.05) is 11.9 Å². The number of hydrogen-bond donors (Lipinski definition) is 2. The van der Waals surface area contributed by atoms with Crippen molar-refractivity contribution in [2.45, 2.75) is 26.3 Å². The van der Waals surface area contributed by atoms with Crippen molar-refractivity contribution in [3.8, 4) is 0 Å². The van der Waals surface area contributed by atoms with Crippen LogP contribution < -0.4 is 5.32 Å². The number of nitrogens with one attached hydrogen (secondary N) is 1. The Kier molecular flexibility index (Phi) is 4.85. The summed E-state index contributed by atoms with van der Waals surface area (Å²) in [7, 11) is 0. The van der Waals surface area contributed by atoms with Crippen LogP contribution in [-0.4, -0.2) is 39.0 Å². The highest BCUT2D eigenvalue weighted by Gasteiger charge is 2.36. The molecule has 0 heterocycles. The minimum atomic E-state index is -1.36. The maximum atomic E-state index is 12.1. The van der Waals surface area contributed by atoms with E-state index in [-0.39, 0.29) is 12.2 Å². The zero-order valence-corrected chi connectivity index (χ0v) is 12.0. The number of likely N-dealkylation sites (N-methyl/N-ethyl adjacent to an activating group) is 1. The number of carboxylic acids is 1. The Morgan fingerprint density at radius 3 is 2.24 bits per heavy atom. The smallest absolute Gasteiger partial charge is 0.329 e. The van der Waals surface area contributed by atoms with E-state index in [1.807, 2.05) is 0 Å². The Labute approximate surface area is 121 Å². The molecule has 8 heteroatoms. The fourth-order valence-corrected chi connectivity index (χ4v) is 1.77. The second-order valence-corrected chi connectivity index (χ2v) is 4.84. The van der Waals surface area contributed by atoms with E-state index in [1.165, 1.54) is 38.1 Å². The van der Waals surface area contributed by atoms with Crippen LogP contribution in [0.4, 0.5) is 16.2 Å². The first-order valence-electron chi connectivity index (χ1n) is 6.26. The Bertz CT molecular complexity index is 553. The highest BCUT2D eigenvalue weighted by molar-refractivity contribution is 5.93. The largest absolute Gasteiger partial charge is 0.480 e. The van der Waals surface area contributed by atoms with E-state index in [0.717, 1.165) is 4.90 Å². The van der Waals surface area contributed by atoms with Gasteiger partial charge in [-0.25, -0.2) is 9.59 Å². The van der Waals surface area contributed by atoms with Gasteiger partial charge in [0.15, 0.2) is 0 Å². The molecule has 1 aromatic rings. The third kappa shape index (κ3) is 3.68. The molecule has 21 heavy (non-hydrogen) atoms. The van der Waals surface area contributed by atoms with Gasteiger partial charge in [-0.3, -0.25) is 10.1 Å². The molecule has 114 valence electrons. The molecular formula is C13H17N3O5. The summed E-state index contributed by atoms with van der Waals surface area (Å²) in [4.78, 5) is 34.5. The molecule has 0 aliphatic carbocycles. The maximum Gasteiger partial charge on any atom is 0.329 e. The standard InChI is InChI=1S/C13H17N3O5/c1-4-15(13(2,3)11(17)18)12(19)14-9-5-7-10(8-6-9)16(20)21/h5-8H,4H2,1-3H3,(H,14,19)(H,17,18). The Hall–Kier alpha value is -2.64. The number of nitro groups is 1. The Balaban J connectivity index is 2.88. The quantitative estimate of drug-likeness (QED) is 0.639. The van der Waals surface area contributed by atoms with E-state index < -0.39 is 22.5 Å². The van der Waals surface area contributed by atoms with Gasteiger partial charge in [0.05, 0.1) is 4.92 Å². The van der Waals surface area contributed by atoms with Crippen LogP contribution in [0.3, 0.4) is 0 Å². The van der Waals surface area contributed by atoms with Crippen molar-refractivity contribution in [2.24, 2.45) is 0 Å². The Morgan fingerprint density at radius 2 is 1.86 bits per heavy atom. The predicted molar refractivity (Wildman–Crippen MR) is 76.2 cm³/mol. The molecule has 0 unspecified atom stereocenters. The van der Waals surface area contributed by atoms with Gasteiger partial charge in [0, 0.05) is 24.4 Å². The molecule has 2 amide bonds. The van der Waals surface area contributed by atoms with Crippen molar-refractivity contribution in [3.63, 3.8) is 0 Å². The summed E-state index contributed by atoms with van der Waals surface area (Å²) >= 11 is 0. The van der Waals surface area contributed by atoms with Gasteiger partial charge in [0.1, 0.15) is 5.54 Å². The molecule has 8 nitrogen and oxygen atoms in total. The van der Waals surface area contributed by atoms with Crippen LogP contribution in [0.25, 0.3) is 0 Å². The highest BCUT2D eigenvalue weighted by atomic mass is 16.6. The molecule has 0 atom stereocenters. The Morgan fingerprint density at radius 1 is 1.33 bits per heavy atom. The van der Waals surface area contributed by atoms with Crippen molar-refractivity contribution in [1.82, 2.24) is 4.90 Å². The summed E-state index contributed by atoms with van der Waals surface area (Å²) in [6.45, 7) is 4.72. The zero-order valence-electron chi connectivity index (χ0n) is 12.0. The van der Waals surface area contributed by atoms with E-state index in [1.54, 1.807) is 6.92 Å². The fraction of sp³-hybridized carbons (Fsp3) is 0.385. The lowest BCUT2D eigenvalue weighted by molar-refractivity contribution is -0.384. The molecule has 0 saturated carbocycles. The molecule has 0 fully saturated rings. The van der Waals surface area contributed by atoms with Crippen LogP contribution in [0.1, 0.15) is 20.8 Å². The van der Waals surface area contributed by atoms with Crippen molar-refractivity contribution in [3.05, 3.63) is 34.4 Å². The highest BCUT2D eigenvalue weighted by Crippen LogP contribution is 2.19. The number of hydrogen-bond acceptors (Lipinski definition) is 4. The number of benzene rings is 1. The van der Waals surface area contributed by atoms with Crippen LogP contribution in [0, 0.1) is 10.1 Å². The number of aliphatic carboxylic acids is 1. The summed E-state index contributed by atoms with van der Waals surface area (Å²) in [6, 6.07) is 4.70. The first-order chi connectivity index (χ1) is 9.70. The second kappa shape index (κ2) is 6.21. The van der Waals surface area contributed by atoms with Gasteiger partial charge in [-0.05, 0) is 32.9 Å². The molecule has 1 aromatic carbocycles. The molecule has 0 aromatic heterocycles. The normalized spacial score (nSPS) is 10.8. The summed E-state index contributed by atoms with van der Waals surface area (Å²) < 4.78 is 0. The lowest BCUT2D eigenvalue weighted by Crippen LogP contribution is -2.54. The molecule has 0 radical (unpaired) electrons. The van der Waals surface area contributed by atoms with Gasteiger partial charge >= 0.3 is 12.0 Å². The fourth-order valence-electron chi connectivity index (χ4n) is 1.77. The number of nitro benzene ring substituents is 1. The third-order valence-corrected chi connectivity index (χ3v) is 3.09. The lowest BCUT2D eigenvalue weighted by atomic mass is 10.0. The number of amides is 2. The molecule has 0 saturated heterocycles. The van der Waals surface area contributed by atoms with Gasteiger partial charge in [-0.15, -0.1) is 0 Å². The van der Waals surface area contributed by atoms with Gasteiger partial charge in [-0.2, -0.15) is 0 Å². The number of anilines is 1. The molecule has 0 bridgehead atoms. The van der Waals surface area contributed by atoms with Gasteiger partial charge in [0.2, 0.25) is 0 Å². The number of non-ortho nitro benzene ring substituents is 1. The molecule has 0 aliphatic rings. The summed E-state index contributed by atoms with van der Waals surface area (Å²) in [5, 5.41) is 22.2. The van der Waals surface area contributed by atoms with Crippen LogP contribution in [0.2, 0.25) is 0 Å². The number of nitrogens with zero attached hydrogens (tertiary/aromatic N) is 2. The topological polar surface area (TPSA) is 113 Å². The van der Waals surface area contributed by atoms with E-state index >= 15 is 0 Å². The number of carbonyl (C=O) groups is 2. The first kappa shape index (κ1) is 16.4. The first-order valence-corrected chi connectivity index (χ1v) is 6.26. The van der Waals surface area contributed by atoms with Crippen molar-refractivity contribution in [1.29, 1.82) is 0 Å². The lowest BCUT2D eigenvalue weighted by Gasteiger charge is -2.34. The summed E-state index contributed by atoms with van der Waals surface area (Å²) in [6.07, 6.45) is 0. The molecule has 1 rings (SSSR count). The van der Waals surface area contributed by atoms with Gasteiger partial charge in [-0.1, -0.05) is 0 Å². The minimum Gasteiger partial charge on any atom is -0.480 e. The SMILES string of the molecule is CCN(C(=O)Nc1ccc([N+](=O)[O-])cc1)C(C)(C)C(=O)O. The van der Waals surface area contributed by atoms with Crippen LogP contribution in [0.15, 0.2) is 24.3 Å². The average Bonchev–Trinajstić information content (AvgIpc) is 2.39.